The molecule has 0 radical (unpaired) electrons. The third-order valence-electron chi connectivity index (χ3n) is 3.57. The predicted octanol–water partition coefficient (Wildman–Crippen LogP) is 1.97. The van der Waals surface area contributed by atoms with E-state index in [0.717, 1.165) is 23.3 Å². The first-order valence-electron chi connectivity index (χ1n) is 6.16. The lowest BCUT2D eigenvalue weighted by atomic mass is 10.00. The highest BCUT2D eigenvalue weighted by Gasteiger charge is 2.31. The van der Waals surface area contributed by atoms with Gasteiger partial charge in [0.2, 0.25) is 0 Å². The van der Waals surface area contributed by atoms with E-state index in [1.165, 1.54) is 6.26 Å². The summed E-state index contributed by atoms with van der Waals surface area (Å²) < 4.78 is 29.2. The Hall–Kier alpha value is -0.780. The third-order valence-corrected chi connectivity index (χ3v) is 5.41. The molecule has 0 spiro atoms. The molecule has 106 valence electrons. The molecule has 1 N–H and O–H groups in total. The molecular formula is C13H18ClNO3S. The smallest absolute Gasteiger partial charge is 0.151 e. The molecule has 0 aliphatic carbocycles. The fourth-order valence-electron chi connectivity index (χ4n) is 2.42. The molecule has 2 atom stereocenters. The van der Waals surface area contributed by atoms with Crippen LogP contribution in [0.3, 0.4) is 0 Å². The minimum absolute atomic E-state index is 0.333. The highest BCUT2D eigenvalue weighted by atomic mass is 35.5. The highest BCUT2D eigenvalue weighted by molar-refractivity contribution is 7.91. The van der Waals surface area contributed by atoms with Crippen LogP contribution in [0.5, 0.6) is 5.75 Å². The number of fused-ring (bicyclic) bond motifs is 1. The standard InChI is InChI=1S/C13H18ClNO3S/c1-8(19(3,16)17)12(15-2)11-7-10(14)6-9-4-5-18-13(9)11/h6-8,12,15H,4-5H2,1-3H3. The monoisotopic (exact) mass is 303 g/mol. The van der Waals surface area contributed by atoms with E-state index in [2.05, 4.69) is 5.32 Å². The van der Waals surface area contributed by atoms with Crippen LogP contribution >= 0.6 is 11.6 Å². The average Bonchev–Trinajstić information content (AvgIpc) is 2.76. The van der Waals surface area contributed by atoms with Gasteiger partial charge < -0.3 is 10.1 Å². The molecule has 1 aliphatic rings. The van der Waals surface area contributed by atoms with Crippen LogP contribution in [0.15, 0.2) is 12.1 Å². The van der Waals surface area contributed by atoms with Crippen molar-refractivity contribution in [2.75, 3.05) is 19.9 Å². The number of ether oxygens (including phenoxy) is 1. The largest absolute Gasteiger partial charge is 0.493 e. The van der Waals surface area contributed by atoms with Crippen molar-refractivity contribution in [1.29, 1.82) is 0 Å². The normalized spacial score (nSPS) is 17.7. The summed E-state index contributed by atoms with van der Waals surface area (Å²) in [5.74, 6) is 0.777. The zero-order valence-corrected chi connectivity index (χ0v) is 12.8. The van der Waals surface area contributed by atoms with Crippen LogP contribution < -0.4 is 10.1 Å². The van der Waals surface area contributed by atoms with Gasteiger partial charge in [0.05, 0.1) is 17.9 Å². The van der Waals surface area contributed by atoms with Gasteiger partial charge in [0.1, 0.15) is 5.75 Å². The molecule has 0 saturated heterocycles. The first-order chi connectivity index (χ1) is 8.84. The highest BCUT2D eigenvalue weighted by Crippen LogP contribution is 2.38. The quantitative estimate of drug-likeness (QED) is 0.924. The van der Waals surface area contributed by atoms with Crippen molar-refractivity contribution in [3.8, 4) is 5.75 Å². The van der Waals surface area contributed by atoms with Gasteiger partial charge in [0.15, 0.2) is 9.84 Å². The summed E-state index contributed by atoms with van der Waals surface area (Å²) >= 11 is 6.12. The zero-order valence-electron chi connectivity index (χ0n) is 11.2. The molecule has 1 heterocycles. The molecule has 1 aromatic rings. The number of hydrogen-bond acceptors (Lipinski definition) is 4. The van der Waals surface area contributed by atoms with Crippen LogP contribution in [0.2, 0.25) is 5.02 Å². The van der Waals surface area contributed by atoms with Crippen LogP contribution in [0.4, 0.5) is 0 Å². The SMILES string of the molecule is CNC(c1cc(Cl)cc2c1OCC2)C(C)S(C)(=O)=O. The van der Waals surface area contributed by atoms with E-state index in [-0.39, 0.29) is 6.04 Å². The Bertz CT molecular complexity index is 586. The number of benzene rings is 1. The minimum Gasteiger partial charge on any atom is -0.493 e. The topological polar surface area (TPSA) is 55.4 Å². The van der Waals surface area contributed by atoms with Crippen molar-refractivity contribution < 1.29 is 13.2 Å². The second-order valence-electron chi connectivity index (χ2n) is 4.88. The maximum Gasteiger partial charge on any atom is 0.151 e. The van der Waals surface area contributed by atoms with Gasteiger partial charge in [0.25, 0.3) is 0 Å². The van der Waals surface area contributed by atoms with Gasteiger partial charge in [-0.2, -0.15) is 0 Å². The number of nitrogens with one attached hydrogen (secondary N) is 1. The Balaban J connectivity index is 2.50. The van der Waals surface area contributed by atoms with E-state index in [1.54, 1.807) is 20.0 Å². The van der Waals surface area contributed by atoms with Crippen molar-refractivity contribution in [3.63, 3.8) is 0 Å². The van der Waals surface area contributed by atoms with Gasteiger partial charge >= 0.3 is 0 Å². The van der Waals surface area contributed by atoms with Gasteiger partial charge in [-0.05, 0) is 31.7 Å². The second kappa shape index (κ2) is 5.31. The first-order valence-corrected chi connectivity index (χ1v) is 8.49. The Kier molecular flexibility index (Phi) is 4.08. The molecule has 2 unspecified atom stereocenters. The van der Waals surface area contributed by atoms with Crippen molar-refractivity contribution in [1.82, 2.24) is 5.32 Å². The van der Waals surface area contributed by atoms with E-state index in [9.17, 15) is 8.42 Å². The van der Waals surface area contributed by atoms with E-state index in [1.807, 2.05) is 6.07 Å². The number of rotatable bonds is 4. The Labute approximate surface area is 119 Å². The molecule has 1 aromatic carbocycles. The Morgan fingerprint density at radius 3 is 2.68 bits per heavy atom. The van der Waals surface area contributed by atoms with Crippen LogP contribution in [0, 0.1) is 0 Å². The molecule has 0 saturated carbocycles. The summed E-state index contributed by atoms with van der Waals surface area (Å²) in [5.41, 5.74) is 1.86. The summed E-state index contributed by atoms with van der Waals surface area (Å²) in [6.45, 7) is 2.31. The molecule has 1 aliphatic heterocycles. The van der Waals surface area contributed by atoms with Gasteiger partial charge in [-0.3, -0.25) is 0 Å². The number of halogens is 1. The first kappa shape index (κ1) is 14.6. The van der Waals surface area contributed by atoms with Crippen molar-refractivity contribution in [2.45, 2.75) is 24.6 Å². The van der Waals surface area contributed by atoms with Crippen LogP contribution in [-0.2, 0) is 16.3 Å². The number of hydrogen-bond donors (Lipinski definition) is 1. The zero-order chi connectivity index (χ0) is 14.2. The van der Waals surface area contributed by atoms with Crippen LogP contribution in [0.25, 0.3) is 0 Å². The lowest BCUT2D eigenvalue weighted by molar-refractivity contribution is 0.348. The van der Waals surface area contributed by atoms with E-state index >= 15 is 0 Å². The summed E-state index contributed by atoms with van der Waals surface area (Å²) in [4.78, 5) is 0. The van der Waals surface area contributed by atoms with E-state index in [0.29, 0.717) is 11.6 Å². The maximum atomic E-state index is 11.8. The van der Waals surface area contributed by atoms with E-state index in [4.69, 9.17) is 16.3 Å². The molecule has 6 heteroatoms. The molecule has 4 nitrogen and oxygen atoms in total. The Morgan fingerprint density at radius 2 is 2.11 bits per heavy atom. The van der Waals surface area contributed by atoms with Crippen molar-refractivity contribution in [3.05, 3.63) is 28.3 Å². The summed E-state index contributed by atoms with van der Waals surface area (Å²) in [6, 6.07) is 3.33. The predicted molar refractivity (Wildman–Crippen MR) is 76.8 cm³/mol. The Morgan fingerprint density at radius 1 is 1.42 bits per heavy atom. The van der Waals surface area contributed by atoms with Crippen LogP contribution in [-0.4, -0.2) is 33.6 Å². The lowest BCUT2D eigenvalue weighted by Gasteiger charge is -2.24. The van der Waals surface area contributed by atoms with Gasteiger partial charge in [0, 0.05) is 23.3 Å². The summed E-state index contributed by atoms with van der Waals surface area (Å²) in [6.07, 6.45) is 2.06. The summed E-state index contributed by atoms with van der Waals surface area (Å²) in [5, 5.41) is 3.12. The summed E-state index contributed by atoms with van der Waals surface area (Å²) in [7, 11) is -1.41. The fourth-order valence-corrected chi connectivity index (χ4v) is 3.45. The molecule has 0 bridgehead atoms. The molecular weight excluding hydrogens is 286 g/mol. The molecule has 0 amide bonds. The molecule has 2 rings (SSSR count). The van der Waals surface area contributed by atoms with E-state index < -0.39 is 15.1 Å². The van der Waals surface area contributed by atoms with Gasteiger partial charge in [-0.15, -0.1) is 0 Å². The van der Waals surface area contributed by atoms with Gasteiger partial charge in [-0.1, -0.05) is 11.6 Å². The van der Waals surface area contributed by atoms with Gasteiger partial charge in [-0.25, -0.2) is 8.42 Å². The maximum absolute atomic E-state index is 11.8. The molecule has 0 aromatic heterocycles. The second-order valence-corrected chi connectivity index (χ2v) is 7.72. The van der Waals surface area contributed by atoms with Crippen LogP contribution in [0.1, 0.15) is 24.1 Å². The van der Waals surface area contributed by atoms with Crippen molar-refractivity contribution >= 4 is 21.4 Å². The molecule has 19 heavy (non-hydrogen) atoms. The average molecular weight is 304 g/mol. The lowest BCUT2D eigenvalue weighted by Crippen LogP contribution is -2.33. The minimum atomic E-state index is -3.15. The third kappa shape index (κ3) is 2.88. The number of sulfone groups is 1. The van der Waals surface area contributed by atoms with Crippen molar-refractivity contribution in [2.24, 2.45) is 0 Å². The molecule has 0 fully saturated rings. The fraction of sp³-hybridized carbons (Fsp3) is 0.538.